The van der Waals surface area contributed by atoms with Gasteiger partial charge in [0.15, 0.2) is 0 Å². The minimum atomic E-state index is 0.0669. The summed E-state index contributed by atoms with van der Waals surface area (Å²) >= 11 is 0. The van der Waals surface area contributed by atoms with Crippen LogP contribution in [0.1, 0.15) is 11.1 Å². The van der Waals surface area contributed by atoms with Crippen LogP contribution in [-0.4, -0.2) is 10.2 Å². The van der Waals surface area contributed by atoms with Crippen molar-refractivity contribution in [1.82, 2.24) is 0 Å². The summed E-state index contributed by atoms with van der Waals surface area (Å²) in [5.41, 5.74) is 1.85. The molecule has 0 saturated heterocycles. The fourth-order valence-corrected chi connectivity index (χ4v) is 2.37. The van der Waals surface area contributed by atoms with E-state index in [0.29, 0.717) is 0 Å². The predicted octanol–water partition coefficient (Wildman–Crippen LogP) is 2.98. The molecule has 0 unspecified atom stereocenters. The molecule has 0 bridgehead atoms. The minimum Gasteiger partial charge on any atom is -0.392 e. The lowest BCUT2D eigenvalue weighted by molar-refractivity contribution is 0.282. The second-order valence-electron chi connectivity index (χ2n) is 4.49. The highest BCUT2D eigenvalue weighted by Gasteiger charge is 2.02. The quantitative estimate of drug-likeness (QED) is 0.674. The second-order valence-corrected chi connectivity index (χ2v) is 4.49. The van der Waals surface area contributed by atoms with Gasteiger partial charge in [-0.1, -0.05) is 36.4 Å². The van der Waals surface area contributed by atoms with Crippen LogP contribution in [0.15, 0.2) is 48.5 Å². The average molecular weight is 238 g/mol. The van der Waals surface area contributed by atoms with Crippen LogP contribution in [0.25, 0.3) is 21.5 Å². The van der Waals surface area contributed by atoms with E-state index in [4.69, 9.17) is 10.2 Å². The molecule has 0 spiro atoms. The summed E-state index contributed by atoms with van der Waals surface area (Å²) in [6.07, 6.45) is 0. The highest BCUT2D eigenvalue weighted by molar-refractivity contribution is 6.07. The van der Waals surface area contributed by atoms with Crippen LogP contribution in [0.2, 0.25) is 0 Å². The number of rotatable bonds is 2. The average Bonchev–Trinajstić information content (AvgIpc) is 2.45. The van der Waals surface area contributed by atoms with Crippen molar-refractivity contribution in [1.29, 1.82) is 0 Å². The monoisotopic (exact) mass is 238 g/mol. The highest BCUT2D eigenvalue weighted by Crippen LogP contribution is 2.27. The first-order chi connectivity index (χ1) is 8.81. The maximum atomic E-state index is 9.15. The number of hydrogen-bond donors (Lipinski definition) is 2. The summed E-state index contributed by atoms with van der Waals surface area (Å²) in [7, 11) is 0. The van der Waals surface area contributed by atoms with Gasteiger partial charge in [0.05, 0.1) is 13.2 Å². The second kappa shape index (κ2) is 4.41. The first kappa shape index (κ1) is 11.2. The van der Waals surface area contributed by atoms with E-state index in [2.05, 4.69) is 12.1 Å². The Morgan fingerprint density at radius 1 is 0.611 bits per heavy atom. The van der Waals surface area contributed by atoms with Crippen molar-refractivity contribution in [2.45, 2.75) is 13.2 Å². The van der Waals surface area contributed by atoms with Gasteiger partial charge in [-0.3, -0.25) is 0 Å². The maximum Gasteiger partial charge on any atom is 0.0682 e. The summed E-state index contributed by atoms with van der Waals surface area (Å²) in [5, 5.41) is 22.9. The van der Waals surface area contributed by atoms with E-state index in [1.165, 1.54) is 10.8 Å². The molecular formula is C16H14O2. The van der Waals surface area contributed by atoms with Gasteiger partial charge in [0.1, 0.15) is 0 Å². The Morgan fingerprint density at radius 2 is 1.06 bits per heavy atom. The van der Waals surface area contributed by atoms with Crippen molar-refractivity contribution < 1.29 is 10.2 Å². The Labute approximate surface area is 105 Å². The molecule has 3 aromatic carbocycles. The summed E-state index contributed by atoms with van der Waals surface area (Å²) in [6.45, 7) is 0.134. The number of hydrogen-bond acceptors (Lipinski definition) is 2. The van der Waals surface area contributed by atoms with E-state index in [1.54, 1.807) is 0 Å². The fourth-order valence-electron chi connectivity index (χ4n) is 2.37. The van der Waals surface area contributed by atoms with E-state index in [0.717, 1.165) is 21.9 Å². The van der Waals surface area contributed by atoms with Crippen molar-refractivity contribution in [3.8, 4) is 0 Å². The van der Waals surface area contributed by atoms with E-state index in [-0.39, 0.29) is 13.2 Å². The summed E-state index contributed by atoms with van der Waals surface area (Å²) in [4.78, 5) is 0. The lowest BCUT2D eigenvalue weighted by Crippen LogP contribution is -1.86. The molecule has 18 heavy (non-hydrogen) atoms. The third-order valence-electron chi connectivity index (χ3n) is 3.33. The van der Waals surface area contributed by atoms with Crippen molar-refractivity contribution in [3.63, 3.8) is 0 Å². The molecule has 0 aliphatic rings. The molecule has 0 aliphatic heterocycles. The third kappa shape index (κ3) is 1.76. The van der Waals surface area contributed by atoms with E-state index >= 15 is 0 Å². The zero-order valence-electron chi connectivity index (χ0n) is 9.93. The summed E-state index contributed by atoms with van der Waals surface area (Å²) in [6, 6.07) is 16.1. The molecule has 0 atom stereocenters. The molecule has 2 heteroatoms. The van der Waals surface area contributed by atoms with Crippen LogP contribution >= 0.6 is 0 Å². The fraction of sp³-hybridized carbons (Fsp3) is 0.125. The van der Waals surface area contributed by atoms with Gasteiger partial charge in [0, 0.05) is 0 Å². The van der Waals surface area contributed by atoms with Crippen molar-refractivity contribution in [2.75, 3.05) is 0 Å². The van der Waals surface area contributed by atoms with Crippen LogP contribution in [0, 0.1) is 0 Å². The van der Waals surface area contributed by atoms with Crippen molar-refractivity contribution >= 4 is 21.5 Å². The van der Waals surface area contributed by atoms with Crippen LogP contribution in [-0.2, 0) is 13.2 Å². The summed E-state index contributed by atoms with van der Waals surface area (Å²) < 4.78 is 0. The summed E-state index contributed by atoms with van der Waals surface area (Å²) in [5.74, 6) is 0. The molecule has 0 heterocycles. The van der Waals surface area contributed by atoms with Crippen LogP contribution in [0.5, 0.6) is 0 Å². The Hall–Kier alpha value is -1.90. The molecule has 3 rings (SSSR count). The minimum absolute atomic E-state index is 0.0669. The Morgan fingerprint density at radius 3 is 1.44 bits per heavy atom. The Balaban J connectivity index is 2.32. The molecular weight excluding hydrogens is 224 g/mol. The molecule has 0 fully saturated rings. The van der Waals surface area contributed by atoms with Crippen LogP contribution in [0.4, 0.5) is 0 Å². The van der Waals surface area contributed by atoms with Gasteiger partial charge in [-0.25, -0.2) is 0 Å². The molecule has 90 valence electrons. The molecule has 0 saturated carbocycles. The predicted molar refractivity (Wildman–Crippen MR) is 73.3 cm³/mol. The van der Waals surface area contributed by atoms with E-state index in [1.807, 2.05) is 36.4 Å². The normalized spacial score (nSPS) is 11.2. The van der Waals surface area contributed by atoms with Gasteiger partial charge in [-0.05, 0) is 44.8 Å². The largest absolute Gasteiger partial charge is 0.392 e. The lowest BCUT2D eigenvalue weighted by atomic mass is 9.99. The van der Waals surface area contributed by atoms with Gasteiger partial charge < -0.3 is 10.2 Å². The standard InChI is InChI=1S/C16H14O2/c17-9-11-1-5-15-13(7-11)3-4-14-8-12(10-18)2-6-16(14)15/h1-8,17-18H,9-10H2. The SMILES string of the molecule is OCc1ccc2c(ccc3cc(CO)ccc32)c1. The van der Waals surface area contributed by atoms with E-state index in [9.17, 15) is 0 Å². The molecule has 2 nitrogen and oxygen atoms in total. The first-order valence-corrected chi connectivity index (χ1v) is 5.98. The van der Waals surface area contributed by atoms with Crippen molar-refractivity contribution in [2.24, 2.45) is 0 Å². The lowest BCUT2D eigenvalue weighted by Gasteiger charge is -2.07. The van der Waals surface area contributed by atoms with Gasteiger partial charge in [-0.15, -0.1) is 0 Å². The first-order valence-electron chi connectivity index (χ1n) is 5.98. The highest BCUT2D eigenvalue weighted by atomic mass is 16.3. The molecule has 2 N–H and O–H groups in total. The maximum absolute atomic E-state index is 9.15. The van der Waals surface area contributed by atoms with Gasteiger partial charge in [-0.2, -0.15) is 0 Å². The number of benzene rings is 3. The number of aliphatic hydroxyl groups is 2. The van der Waals surface area contributed by atoms with Gasteiger partial charge in [0.25, 0.3) is 0 Å². The molecule has 0 aromatic heterocycles. The smallest absolute Gasteiger partial charge is 0.0682 e. The van der Waals surface area contributed by atoms with Crippen LogP contribution in [0.3, 0.4) is 0 Å². The van der Waals surface area contributed by atoms with Gasteiger partial charge >= 0.3 is 0 Å². The molecule has 0 radical (unpaired) electrons. The third-order valence-corrected chi connectivity index (χ3v) is 3.33. The van der Waals surface area contributed by atoms with Crippen LogP contribution < -0.4 is 0 Å². The topological polar surface area (TPSA) is 40.5 Å². The zero-order chi connectivity index (χ0) is 12.5. The molecule has 0 aliphatic carbocycles. The zero-order valence-corrected chi connectivity index (χ0v) is 9.93. The Kier molecular flexibility index (Phi) is 2.74. The Bertz CT molecular complexity index is 654. The van der Waals surface area contributed by atoms with Gasteiger partial charge in [0.2, 0.25) is 0 Å². The number of fused-ring (bicyclic) bond motifs is 3. The van der Waals surface area contributed by atoms with E-state index < -0.39 is 0 Å². The molecule has 0 amide bonds. The molecule has 3 aromatic rings. The number of aliphatic hydroxyl groups excluding tert-OH is 2. The van der Waals surface area contributed by atoms with Crippen molar-refractivity contribution in [3.05, 3.63) is 59.7 Å².